The fourth-order valence-electron chi connectivity index (χ4n) is 2.31. The topological polar surface area (TPSA) is 69.8 Å². The predicted molar refractivity (Wildman–Crippen MR) is 76.1 cm³/mol. The molecule has 0 bridgehead atoms. The van der Waals surface area contributed by atoms with Gasteiger partial charge in [-0.05, 0) is 12.1 Å². The molecule has 20 heavy (non-hydrogen) atoms. The number of nitrogens with zero attached hydrogens (tertiary/aromatic N) is 3. The zero-order valence-corrected chi connectivity index (χ0v) is 10.5. The fourth-order valence-corrected chi connectivity index (χ4v) is 2.31. The van der Waals surface area contributed by atoms with Gasteiger partial charge in [0.2, 0.25) is 0 Å². The highest BCUT2D eigenvalue weighted by Gasteiger charge is 2.10. The molecular formula is C15H11N5. The van der Waals surface area contributed by atoms with Crippen LogP contribution in [0.3, 0.4) is 0 Å². The lowest BCUT2D eigenvalue weighted by molar-refractivity contribution is 1.06. The largest absolute Gasteiger partial charge is 0.334 e. The van der Waals surface area contributed by atoms with Crippen molar-refractivity contribution < 1.29 is 0 Å². The summed E-state index contributed by atoms with van der Waals surface area (Å²) in [5.41, 5.74) is 3.29. The lowest BCUT2D eigenvalue weighted by atomic mass is 10.2. The van der Waals surface area contributed by atoms with Gasteiger partial charge in [0.05, 0.1) is 0 Å². The molecule has 2 N–H and O–H groups in total. The monoisotopic (exact) mass is 261 g/mol. The van der Waals surface area contributed by atoms with E-state index in [0.29, 0.717) is 5.52 Å². The number of nitrogens with one attached hydrogen (secondary N) is 2. The molecule has 1 aromatic carbocycles. The van der Waals surface area contributed by atoms with Crippen LogP contribution in [-0.2, 0) is 0 Å². The molecule has 0 saturated heterocycles. The van der Waals surface area contributed by atoms with Gasteiger partial charge in [-0.1, -0.05) is 36.4 Å². The number of benzene rings is 1. The van der Waals surface area contributed by atoms with Crippen LogP contribution < -0.4 is 5.49 Å². The highest BCUT2D eigenvalue weighted by Crippen LogP contribution is 2.18. The van der Waals surface area contributed by atoms with Crippen LogP contribution in [0.2, 0.25) is 0 Å². The number of hydrogen-bond donors (Lipinski definition) is 2. The number of fused-ring (bicyclic) bond motifs is 3. The van der Waals surface area contributed by atoms with Gasteiger partial charge in [0, 0.05) is 11.8 Å². The van der Waals surface area contributed by atoms with Crippen molar-refractivity contribution in [3.8, 4) is 11.4 Å². The lowest BCUT2D eigenvalue weighted by Crippen LogP contribution is -2.10. The van der Waals surface area contributed by atoms with E-state index in [4.69, 9.17) is 5.41 Å². The van der Waals surface area contributed by atoms with Crippen molar-refractivity contribution in [3.63, 3.8) is 0 Å². The summed E-state index contributed by atoms with van der Waals surface area (Å²) in [5, 5.41) is 8.03. The van der Waals surface area contributed by atoms with Crippen LogP contribution in [0.5, 0.6) is 0 Å². The number of aromatic nitrogens is 4. The van der Waals surface area contributed by atoms with E-state index < -0.39 is 0 Å². The molecule has 0 fully saturated rings. The number of imidazole rings is 1. The lowest BCUT2D eigenvalue weighted by Gasteiger charge is -1.99. The van der Waals surface area contributed by atoms with Crippen LogP contribution in [-0.4, -0.2) is 19.4 Å². The Balaban J connectivity index is 2.11. The third kappa shape index (κ3) is 1.53. The van der Waals surface area contributed by atoms with Gasteiger partial charge < -0.3 is 4.98 Å². The number of aromatic amines is 1. The summed E-state index contributed by atoms with van der Waals surface area (Å²) in [5.74, 6) is 0.750. The van der Waals surface area contributed by atoms with Gasteiger partial charge in [0.25, 0.3) is 0 Å². The molecule has 0 aliphatic carbocycles. The van der Waals surface area contributed by atoms with Crippen molar-refractivity contribution in [2.45, 2.75) is 0 Å². The van der Waals surface area contributed by atoms with Crippen LogP contribution in [0, 0.1) is 5.41 Å². The van der Waals surface area contributed by atoms with E-state index in [-0.39, 0.29) is 5.49 Å². The van der Waals surface area contributed by atoms with E-state index >= 15 is 0 Å². The Labute approximate surface area is 114 Å². The number of pyridine rings is 1. The van der Waals surface area contributed by atoms with E-state index in [1.807, 2.05) is 59.1 Å². The Bertz CT molecular complexity index is 966. The molecule has 0 spiro atoms. The van der Waals surface area contributed by atoms with Crippen molar-refractivity contribution in [2.24, 2.45) is 0 Å². The Hall–Kier alpha value is -2.95. The summed E-state index contributed by atoms with van der Waals surface area (Å²) in [4.78, 5) is 12.1. The van der Waals surface area contributed by atoms with Gasteiger partial charge in [-0.3, -0.25) is 9.81 Å². The summed E-state index contributed by atoms with van der Waals surface area (Å²) < 4.78 is 1.89. The second-order valence-electron chi connectivity index (χ2n) is 4.54. The first-order chi connectivity index (χ1) is 9.83. The summed E-state index contributed by atoms with van der Waals surface area (Å²) in [6.07, 6.45) is 1.90. The molecule has 4 rings (SSSR count). The molecule has 0 radical (unpaired) electrons. The quantitative estimate of drug-likeness (QED) is 0.552. The first-order valence-electron chi connectivity index (χ1n) is 6.30. The van der Waals surface area contributed by atoms with Crippen LogP contribution in [0.1, 0.15) is 0 Å². The second-order valence-corrected chi connectivity index (χ2v) is 4.54. The fraction of sp³-hybridized carbons (Fsp3) is 0. The van der Waals surface area contributed by atoms with Crippen molar-refractivity contribution in [2.75, 3.05) is 0 Å². The van der Waals surface area contributed by atoms with Crippen molar-refractivity contribution in [3.05, 3.63) is 60.2 Å². The van der Waals surface area contributed by atoms with Crippen molar-refractivity contribution in [1.82, 2.24) is 19.4 Å². The standard InChI is InChI=1S/C15H11N5/c16-13-12-15(20-9-5-4-8-11(20)17-13)19-14(18-12)10-6-2-1-3-7-10/h1-9,16H,(H,18,19). The minimum Gasteiger partial charge on any atom is -0.334 e. The van der Waals surface area contributed by atoms with Gasteiger partial charge in [-0.15, -0.1) is 0 Å². The third-order valence-corrected chi connectivity index (χ3v) is 3.26. The average Bonchev–Trinajstić information content (AvgIpc) is 2.94. The van der Waals surface area contributed by atoms with Gasteiger partial charge >= 0.3 is 0 Å². The Morgan fingerprint density at radius 1 is 0.950 bits per heavy atom. The average molecular weight is 261 g/mol. The molecule has 5 heteroatoms. The summed E-state index contributed by atoms with van der Waals surface area (Å²) in [6, 6.07) is 15.6. The minimum absolute atomic E-state index is 0.209. The maximum absolute atomic E-state index is 8.03. The number of rotatable bonds is 1. The van der Waals surface area contributed by atoms with Gasteiger partial charge in [0.1, 0.15) is 17.0 Å². The number of H-pyrrole nitrogens is 1. The molecular weight excluding hydrogens is 250 g/mol. The SMILES string of the molecule is N=c1nc2ccccn2c2nc(-c3ccccc3)[nH]c12. The smallest absolute Gasteiger partial charge is 0.174 e. The molecule has 0 amide bonds. The first-order valence-corrected chi connectivity index (χ1v) is 6.30. The Kier molecular flexibility index (Phi) is 2.20. The second kappa shape index (κ2) is 4.03. The highest BCUT2D eigenvalue weighted by molar-refractivity contribution is 5.77. The van der Waals surface area contributed by atoms with Crippen LogP contribution in [0.15, 0.2) is 54.7 Å². The molecule has 3 heterocycles. The summed E-state index contributed by atoms with van der Waals surface area (Å²) in [7, 11) is 0. The molecule has 0 saturated carbocycles. The third-order valence-electron chi connectivity index (χ3n) is 3.26. The van der Waals surface area contributed by atoms with Crippen LogP contribution in [0.4, 0.5) is 0 Å². The van der Waals surface area contributed by atoms with Gasteiger partial charge in [0.15, 0.2) is 11.1 Å². The molecule has 3 aromatic heterocycles. The van der Waals surface area contributed by atoms with E-state index in [0.717, 1.165) is 22.7 Å². The molecule has 0 atom stereocenters. The first kappa shape index (κ1) is 10.9. The molecule has 4 aromatic rings. The zero-order valence-electron chi connectivity index (χ0n) is 10.5. The number of hydrogen-bond acceptors (Lipinski definition) is 3. The Morgan fingerprint density at radius 3 is 2.60 bits per heavy atom. The summed E-state index contributed by atoms with van der Waals surface area (Å²) >= 11 is 0. The van der Waals surface area contributed by atoms with Gasteiger partial charge in [-0.2, -0.15) is 0 Å². The Morgan fingerprint density at radius 2 is 1.75 bits per heavy atom. The zero-order chi connectivity index (χ0) is 13.5. The van der Waals surface area contributed by atoms with E-state index in [1.54, 1.807) is 0 Å². The molecule has 5 nitrogen and oxygen atoms in total. The minimum atomic E-state index is 0.209. The normalized spacial score (nSPS) is 11.2. The molecule has 0 aliphatic rings. The maximum atomic E-state index is 8.03. The van der Waals surface area contributed by atoms with E-state index in [9.17, 15) is 0 Å². The molecule has 0 aliphatic heterocycles. The van der Waals surface area contributed by atoms with E-state index in [1.165, 1.54) is 0 Å². The summed E-state index contributed by atoms with van der Waals surface area (Å²) in [6.45, 7) is 0. The molecule has 96 valence electrons. The van der Waals surface area contributed by atoms with Gasteiger partial charge in [-0.25, -0.2) is 9.97 Å². The maximum Gasteiger partial charge on any atom is 0.174 e. The molecule has 0 unspecified atom stereocenters. The van der Waals surface area contributed by atoms with Crippen molar-refractivity contribution in [1.29, 1.82) is 5.41 Å². The highest BCUT2D eigenvalue weighted by atomic mass is 15.1. The van der Waals surface area contributed by atoms with Crippen molar-refractivity contribution >= 4 is 16.8 Å². The van der Waals surface area contributed by atoms with Crippen LogP contribution in [0.25, 0.3) is 28.2 Å². The predicted octanol–water partition coefficient (Wildman–Crippen LogP) is 2.36. The van der Waals surface area contributed by atoms with E-state index in [2.05, 4.69) is 15.0 Å². The van der Waals surface area contributed by atoms with Crippen LogP contribution >= 0.6 is 0 Å².